The molecule has 0 heterocycles. The van der Waals surface area contributed by atoms with Crippen molar-refractivity contribution in [3.05, 3.63) is 35.9 Å². The monoisotopic (exact) mass is 190 g/mol. The average Bonchev–Trinajstić information content (AvgIpc) is 2.17. The van der Waals surface area contributed by atoms with Gasteiger partial charge in [-0.05, 0) is 37.4 Å². The average molecular weight is 190 g/mol. The minimum absolute atomic E-state index is 0.950. The van der Waals surface area contributed by atoms with Crippen molar-refractivity contribution in [2.24, 2.45) is 0 Å². The summed E-state index contributed by atoms with van der Waals surface area (Å²) in [5.41, 5.74) is 3.64. The predicted molar refractivity (Wildman–Crippen MR) is 63.5 cm³/mol. The minimum Gasteiger partial charge on any atom is -0.388 e. The molecule has 2 nitrogen and oxygen atoms in total. The van der Waals surface area contributed by atoms with E-state index in [-0.39, 0.29) is 0 Å². The van der Waals surface area contributed by atoms with Crippen molar-refractivity contribution in [3.63, 3.8) is 0 Å². The van der Waals surface area contributed by atoms with E-state index in [0.29, 0.717) is 0 Å². The Bertz CT molecular complexity index is 316. The number of hydrogen-bond acceptors (Lipinski definition) is 2. The van der Waals surface area contributed by atoms with E-state index >= 15 is 0 Å². The van der Waals surface area contributed by atoms with E-state index in [1.54, 1.807) is 0 Å². The summed E-state index contributed by atoms with van der Waals surface area (Å²) in [6.45, 7) is 4.78. The van der Waals surface area contributed by atoms with Crippen LogP contribution in [-0.2, 0) is 6.54 Å². The highest BCUT2D eigenvalue weighted by Gasteiger charge is 2.01. The molecule has 0 fully saturated rings. The second-order valence-electron chi connectivity index (χ2n) is 3.61. The van der Waals surface area contributed by atoms with E-state index in [2.05, 4.69) is 49.1 Å². The minimum atomic E-state index is 0.950. The highest BCUT2D eigenvalue weighted by Crippen LogP contribution is 2.17. The molecule has 2 heteroatoms. The van der Waals surface area contributed by atoms with Crippen molar-refractivity contribution in [2.45, 2.75) is 6.54 Å². The van der Waals surface area contributed by atoms with Gasteiger partial charge in [0.25, 0.3) is 0 Å². The molecule has 14 heavy (non-hydrogen) atoms. The molecular formula is C12H18N2. The zero-order chi connectivity index (χ0) is 10.6. The Morgan fingerprint density at radius 2 is 2.14 bits per heavy atom. The van der Waals surface area contributed by atoms with Crippen LogP contribution < -0.4 is 5.32 Å². The molecule has 0 radical (unpaired) electrons. The van der Waals surface area contributed by atoms with Gasteiger partial charge in [0.15, 0.2) is 0 Å². The molecule has 1 rings (SSSR count). The fourth-order valence-electron chi connectivity index (χ4n) is 1.43. The molecule has 0 bridgehead atoms. The van der Waals surface area contributed by atoms with Crippen molar-refractivity contribution in [1.29, 1.82) is 0 Å². The zero-order valence-electron chi connectivity index (χ0n) is 9.17. The van der Waals surface area contributed by atoms with Crippen molar-refractivity contribution in [3.8, 4) is 0 Å². The van der Waals surface area contributed by atoms with Crippen LogP contribution in [-0.4, -0.2) is 26.0 Å². The van der Waals surface area contributed by atoms with Crippen LogP contribution in [0.25, 0.3) is 6.08 Å². The van der Waals surface area contributed by atoms with E-state index < -0.39 is 0 Å². The van der Waals surface area contributed by atoms with Gasteiger partial charge in [-0.2, -0.15) is 0 Å². The van der Waals surface area contributed by atoms with E-state index in [0.717, 1.165) is 12.2 Å². The molecule has 1 N–H and O–H groups in total. The normalized spacial score (nSPS) is 10.3. The van der Waals surface area contributed by atoms with Crippen molar-refractivity contribution >= 4 is 11.8 Å². The van der Waals surface area contributed by atoms with Gasteiger partial charge >= 0.3 is 0 Å². The molecule has 0 aliphatic carbocycles. The summed E-state index contributed by atoms with van der Waals surface area (Å²) in [5.74, 6) is 0. The lowest BCUT2D eigenvalue weighted by Crippen LogP contribution is -2.11. The van der Waals surface area contributed by atoms with Gasteiger partial charge in [0, 0.05) is 19.3 Å². The maximum Gasteiger partial charge on any atom is 0.0343 e. The van der Waals surface area contributed by atoms with Gasteiger partial charge in [0.1, 0.15) is 0 Å². The predicted octanol–water partition coefficient (Wildman–Crippen LogP) is 2.43. The van der Waals surface area contributed by atoms with Crippen molar-refractivity contribution in [2.75, 3.05) is 26.5 Å². The third-order valence-electron chi connectivity index (χ3n) is 2.14. The number of anilines is 1. The van der Waals surface area contributed by atoms with Gasteiger partial charge in [0.05, 0.1) is 0 Å². The standard InChI is InChI=1S/C12H18N2/c1-5-10-8-12(13-2)7-6-11(10)9-14(3)4/h5-8,13H,1,9H2,2-4H3. The summed E-state index contributed by atoms with van der Waals surface area (Å²) >= 11 is 0. The number of nitrogens with zero attached hydrogens (tertiary/aromatic N) is 1. The third kappa shape index (κ3) is 2.60. The lowest BCUT2D eigenvalue weighted by Gasteiger charge is -2.13. The van der Waals surface area contributed by atoms with E-state index in [1.807, 2.05) is 13.1 Å². The Morgan fingerprint density at radius 3 is 2.64 bits per heavy atom. The molecule has 1 aromatic rings. The zero-order valence-corrected chi connectivity index (χ0v) is 9.17. The van der Waals surface area contributed by atoms with Crippen LogP contribution in [0, 0.1) is 0 Å². The fraction of sp³-hybridized carbons (Fsp3) is 0.333. The molecule has 0 amide bonds. The van der Waals surface area contributed by atoms with Gasteiger partial charge in [0.2, 0.25) is 0 Å². The summed E-state index contributed by atoms with van der Waals surface area (Å²) in [7, 11) is 6.06. The SMILES string of the molecule is C=Cc1cc(NC)ccc1CN(C)C. The first-order valence-corrected chi connectivity index (χ1v) is 4.75. The van der Waals surface area contributed by atoms with Crippen molar-refractivity contribution < 1.29 is 0 Å². The Morgan fingerprint density at radius 1 is 1.43 bits per heavy atom. The van der Waals surface area contributed by atoms with Crippen LogP contribution in [0.2, 0.25) is 0 Å². The number of rotatable bonds is 4. The lowest BCUT2D eigenvalue weighted by molar-refractivity contribution is 0.402. The molecule has 0 spiro atoms. The Kier molecular flexibility index (Phi) is 3.72. The van der Waals surface area contributed by atoms with Crippen LogP contribution in [0.3, 0.4) is 0 Å². The maximum absolute atomic E-state index is 3.83. The highest BCUT2D eigenvalue weighted by atomic mass is 15.0. The van der Waals surface area contributed by atoms with Gasteiger partial charge in [-0.25, -0.2) is 0 Å². The van der Waals surface area contributed by atoms with Crippen molar-refractivity contribution in [1.82, 2.24) is 4.90 Å². The van der Waals surface area contributed by atoms with Crippen LogP contribution in [0.1, 0.15) is 11.1 Å². The van der Waals surface area contributed by atoms with Gasteiger partial charge in [-0.15, -0.1) is 0 Å². The topological polar surface area (TPSA) is 15.3 Å². The Hall–Kier alpha value is -1.28. The van der Waals surface area contributed by atoms with E-state index in [9.17, 15) is 0 Å². The van der Waals surface area contributed by atoms with Crippen LogP contribution in [0.15, 0.2) is 24.8 Å². The molecule has 76 valence electrons. The fourth-order valence-corrected chi connectivity index (χ4v) is 1.43. The maximum atomic E-state index is 3.83. The second kappa shape index (κ2) is 4.82. The first-order chi connectivity index (χ1) is 6.67. The lowest BCUT2D eigenvalue weighted by atomic mass is 10.1. The molecule has 0 unspecified atom stereocenters. The Balaban J connectivity index is 2.99. The first kappa shape index (κ1) is 10.8. The van der Waals surface area contributed by atoms with Crippen LogP contribution >= 0.6 is 0 Å². The molecule has 0 saturated carbocycles. The number of nitrogens with one attached hydrogen (secondary N) is 1. The summed E-state index contributed by atoms with van der Waals surface area (Å²) in [4.78, 5) is 2.15. The molecule has 0 aliphatic heterocycles. The summed E-state index contributed by atoms with van der Waals surface area (Å²) in [6, 6.07) is 6.35. The molecule has 0 aromatic heterocycles. The number of benzene rings is 1. The largest absolute Gasteiger partial charge is 0.388 e. The van der Waals surface area contributed by atoms with Crippen LogP contribution in [0.5, 0.6) is 0 Å². The van der Waals surface area contributed by atoms with Gasteiger partial charge < -0.3 is 10.2 Å². The highest BCUT2D eigenvalue weighted by molar-refractivity contribution is 5.59. The molecular weight excluding hydrogens is 172 g/mol. The van der Waals surface area contributed by atoms with Gasteiger partial charge in [-0.3, -0.25) is 0 Å². The van der Waals surface area contributed by atoms with E-state index in [1.165, 1.54) is 11.1 Å². The molecule has 0 aliphatic rings. The summed E-state index contributed by atoms with van der Waals surface area (Å²) in [5, 5.41) is 3.12. The third-order valence-corrected chi connectivity index (χ3v) is 2.14. The molecule has 0 saturated heterocycles. The number of hydrogen-bond donors (Lipinski definition) is 1. The molecule has 0 atom stereocenters. The quantitative estimate of drug-likeness (QED) is 0.784. The summed E-state index contributed by atoms with van der Waals surface area (Å²) < 4.78 is 0. The molecule has 1 aromatic carbocycles. The Labute approximate surface area is 86.2 Å². The second-order valence-corrected chi connectivity index (χ2v) is 3.61. The van der Waals surface area contributed by atoms with E-state index in [4.69, 9.17) is 0 Å². The van der Waals surface area contributed by atoms with Crippen LogP contribution in [0.4, 0.5) is 5.69 Å². The summed E-state index contributed by atoms with van der Waals surface area (Å²) in [6.07, 6.45) is 1.90. The van der Waals surface area contributed by atoms with Gasteiger partial charge in [-0.1, -0.05) is 18.7 Å². The smallest absolute Gasteiger partial charge is 0.0343 e. The first-order valence-electron chi connectivity index (χ1n) is 4.75.